The molecule has 0 aliphatic carbocycles. The number of fused-ring (bicyclic) bond motifs is 1. The third kappa shape index (κ3) is 3.18. The van der Waals surface area contributed by atoms with Gasteiger partial charge in [-0.1, -0.05) is 0 Å². The summed E-state index contributed by atoms with van der Waals surface area (Å²) < 4.78 is 7.22. The maximum absolute atomic E-state index is 11.5. The van der Waals surface area contributed by atoms with Crippen LogP contribution in [0.3, 0.4) is 0 Å². The summed E-state index contributed by atoms with van der Waals surface area (Å²) in [4.78, 5) is 18.5. The van der Waals surface area contributed by atoms with Crippen LogP contribution >= 0.6 is 11.3 Å². The molecule has 1 aliphatic rings. The standard InChI is InChI=1S/C18H19N3O3S/c1-20-10-15(18(22)23)14-8-12(2-3-16(14)20)17-19-13(11-25-17)9-21-4-6-24-7-5-21/h2-3,8,10-11H,4-7,9H2,1H3,(H,22,23). The normalized spacial score (nSPS) is 15.7. The largest absolute Gasteiger partial charge is 0.478 e. The molecule has 0 atom stereocenters. The zero-order valence-corrected chi connectivity index (χ0v) is 14.8. The van der Waals surface area contributed by atoms with Gasteiger partial charge < -0.3 is 14.4 Å². The molecule has 1 fully saturated rings. The molecule has 0 radical (unpaired) electrons. The summed E-state index contributed by atoms with van der Waals surface area (Å²) >= 11 is 1.60. The zero-order chi connectivity index (χ0) is 17.4. The molecule has 1 N–H and O–H groups in total. The first-order chi connectivity index (χ1) is 12.1. The van der Waals surface area contributed by atoms with Gasteiger partial charge in [0, 0.05) is 54.7 Å². The van der Waals surface area contributed by atoms with Gasteiger partial charge in [-0.2, -0.15) is 0 Å². The molecule has 0 saturated carbocycles. The van der Waals surface area contributed by atoms with Gasteiger partial charge in [-0.3, -0.25) is 4.90 Å². The number of ether oxygens (including phenoxy) is 1. The third-order valence-electron chi connectivity index (χ3n) is 4.51. The summed E-state index contributed by atoms with van der Waals surface area (Å²) in [6.07, 6.45) is 1.66. The van der Waals surface area contributed by atoms with Gasteiger partial charge in [-0.15, -0.1) is 11.3 Å². The number of carboxylic acid groups (broad SMARTS) is 1. The van der Waals surface area contributed by atoms with Gasteiger partial charge >= 0.3 is 5.97 Å². The first-order valence-corrected chi connectivity index (χ1v) is 9.07. The highest BCUT2D eigenvalue weighted by Gasteiger charge is 2.16. The van der Waals surface area contributed by atoms with E-state index < -0.39 is 5.97 Å². The van der Waals surface area contributed by atoms with Crippen LogP contribution in [0, 0.1) is 0 Å². The number of benzene rings is 1. The van der Waals surface area contributed by atoms with E-state index in [9.17, 15) is 9.90 Å². The van der Waals surface area contributed by atoms with Crippen LogP contribution in [0.15, 0.2) is 29.8 Å². The van der Waals surface area contributed by atoms with Crippen LogP contribution in [0.5, 0.6) is 0 Å². The van der Waals surface area contributed by atoms with Crippen LogP contribution in [-0.2, 0) is 18.3 Å². The predicted octanol–water partition coefficient (Wildman–Crippen LogP) is 2.83. The number of carboxylic acids is 1. The Balaban J connectivity index is 1.63. The van der Waals surface area contributed by atoms with Crippen molar-refractivity contribution in [2.24, 2.45) is 7.05 Å². The van der Waals surface area contributed by atoms with Gasteiger partial charge in [0.1, 0.15) is 5.01 Å². The summed E-state index contributed by atoms with van der Waals surface area (Å²) in [5.74, 6) is -0.908. The van der Waals surface area contributed by atoms with E-state index >= 15 is 0 Å². The van der Waals surface area contributed by atoms with Crippen molar-refractivity contribution >= 4 is 28.2 Å². The van der Waals surface area contributed by atoms with Gasteiger partial charge in [-0.05, 0) is 18.2 Å². The molecule has 0 spiro atoms. The number of hydrogen-bond donors (Lipinski definition) is 1. The van der Waals surface area contributed by atoms with Crippen molar-refractivity contribution in [1.29, 1.82) is 0 Å². The minimum atomic E-state index is -0.908. The van der Waals surface area contributed by atoms with Crippen molar-refractivity contribution in [2.45, 2.75) is 6.54 Å². The first kappa shape index (κ1) is 16.3. The summed E-state index contributed by atoms with van der Waals surface area (Å²) in [6, 6.07) is 5.89. The molecular formula is C18H19N3O3S. The Bertz CT molecular complexity index is 925. The van der Waals surface area contributed by atoms with Crippen molar-refractivity contribution in [3.05, 3.63) is 41.0 Å². The molecule has 6 nitrogen and oxygen atoms in total. The van der Waals surface area contributed by atoms with E-state index in [2.05, 4.69) is 10.3 Å². The zero-order valence-electron chi connectivity index (χ0n) is 13.9. The van der Waals surface area contributed by atoms with Crippen LogP contribution in [-0.4, -0.2) is 51.8 Å². The molecule has 0 bridgehead atoms. The van der Waals surface area contributed by atoms with Gasteiger partial charge in [0.2, 0.25) is 0 Å². The maximum Gasteiger partial charge on any atom is 0.337 e. The van der Waals surface area contributed by atoms with E-state index in [1.165, 1.54) is 0 Å². The topological polar surface area (TPSA) is 67.6 Å². The van der Waals surface area contributed by atoms with E-state index in [1.807, 2.05) is 29.8 Å². The Labute approximate surface area is 149 Å². The highest BCUT2D eigenvalue weighted by molar-refractivity contribution is 7.13. The predicted molar refractivity (Wildman–Crippen MR) is 97.1 cm³/mol. The fourth-order valence-electron chi connectivity index (χ4n) is 3.20. The van der Waals surface area contributed by atoms with Crippen LogP contribution in [0.2, 0.25) is 0 Å². The Morgan fingerprint density at radius 1 is 1.36 bits per heavy atom. The highest BCUT2D eigenvalue weighted by Crippen LogP contribution is 2.30. The Hall–Kier alpha value is -2.22. The van der Waals surface area contributed by atoms with E-state index in [4.69, 9.17) is 9.72 Å². The van der Waals surface area contributed by atoms with Crippen molar-refractivity contribution in [3.63, 3.8) is 0 Å². The van der Waals surface area contributed by atoms with E-state index in [1.54, 1.807) is 17.5 Å². The van der Waals surface area contributed by atoms with Gasteiger partial charge in [-0.25, -0.2) is 9.78 Å². The third-order valence-corrected chi connectivity index (χ3v) is 5.45. The lowest BCUT2D eigenvalue weighted by Crippen LogP contribution is -2.35. The van der Waals surface area contributed by atoms with Gasteiger partial charge in [0.15, 0.2) is 0 Å². The number of aryl methyl sites for hydroxylation is 1. The van der Waals surface area contributed by atoms with Crippen molar-refractivity contribution in [1.82, 2.24) is 14.5 Å². The fraction of sp³-hybridized carbons (Fsp3) is 0.333. The average Bonchev–Trinajstić information content (AvgIpc) is 3.20. The van der Waals surface area contributed by atoms with Crippen LogP contribution in [0.4, 0.5) is 0 Å². The lowest BCUT2D eigenvalue weighted by Gasteiger charge is -2.25. The number of aromatic nitrogens is 2. The molecule has 1 aliphatic heterocycles. The van der Waals surface area contributed by atoms with Gasteiger partial charge in [0.05, 0.1) is 24.5 Å². The smallest absolute Gasteiger partial charge is 0.337 e. The molecular weight excluding hydrogens is 338 g/mol. The minimum absolute atomic E-state index is 0.324. The second-order valence-electron chi connectivity index (χ2n) is 6.22. The van der Waals surface area contributed by atoms with Crippen LogP contribution < -0.4 is 0 Å². The molecule has 2 aromatic heterocycles. The average molecular weight is 357 g/mol. The number of nitrogens with zero attached hydrogens (tertiary/aromatic N) is 3. The summed E-state index contributed by atoms with van der Waals surface area (Å²) in [5.41, 5.74) is 3.24. The number of thiazole rings is 1. The molecule has 7 heteroatoms. The van der Waals surface area contributed by atoms with E-state index in [0.717, 1.165) is 60.0 Å². The molecule has 4 rings (SSSR count). The molecule has 130 valence electrons. The van der Waals surface area contributed by atoms with Crippen molar-refractivity contribution in [3.8, 4) is 10.6 Å². The first-order valence-electron chi connectivity index (χ1n) is 8.19. The van der Waals surface area contributed by atoms with Crippen molar-refractivity contribution in [2.75, 3.05) is 26.3 Å². The lowest BCUT2D eigenvalue weighted by atomic mass is 10.1. The van der Waals surface area contributed by atoms with Crippen molar-refractivity contribution < 1.29 is 14.6 Å². The van der Waals surface area contributed by atoms with Gasteiger partial charge in [0.25, 0.3) is 0 Å². The second kappa shape index (κ2) is 6.59. The van der Waals surface area contributed by atoms with E-state index in [-0.39, 0.29) is 0 Å². The SMILES string of the molecule is Cn1cc(C(=O)O)c2cc(-c3nc(CN4CCOCC4)cs3)ccc21. The Morgan fingerprint density at radius 2 is 2.16 bits per heavy atom. The summed E-state index contributed by atoms with van der Waals surface area (Å²) in [5, 5.41) is 13.2. The molecule has 0 unspecified atom stereocenters. The molecule has 25 heavy (non-hydrogen) atoms. The quantitative estimate of drug-likeness (QED) is 0.778. The molecule has 1 aromatic carbocycles. The second-order valence-corrected chi connectivity index (χ2v) is 7.08. The monoisotopic (exact) mass is 357 g/mol. The fourth-order valence-corrected chi connectivity index (χ4v) is 4.00. The minimum Gasteiger partial charge on any atom is -0.478 e. The lowest BCUT2D eigenvalue weighted by molar-refractivity contribution is 0.0337. The Kier molecular flexibility index (Phi) is 4.29. The Morgan fingerprint density at radius 3 is 2.92 bits per heavy atom. The molecule has 0 amide bonds. The molecule has 3 aromatic rings. The number of carbonyl (C=O) groups is 1. The van der Waals surface area contributed by atoms with Crippen LogP contribution in [0.25, 0.3) is 21.5 Å². The number of morpholine rings is 1. The van der Waals surface area contributed by atoms with Crippen LogP contribution in [0.1, 0.15) is 16.1 Å². The number of aromatic carboxylic acids is 1. The maximum atomic E-state index is 11.5. The number of hydrogen-bond acceptors (Lipinski definition) is 5. The highest BCUT2D eigenvalue weighted by atomic mass is 32.1. The number of rotatable bonds is 4. The summed E-state index contributed by atoms with van der Waals surface area (Å²) in [7, 11) is 1.86. The molecule has 1 saturated heterocycles. The summed E-state index contributed by atoms with van der Waals surface area (Å²) in [6.45, 7) is 4.25. The van der Waals surface area contributed by atoms with E-state index in [0.29, 0.717) is 5.56 Å². The molecule has 3 heterocycles.